The lowest BCUT2D eigenvalue weighted by atomic mass is 10.00. The summed E-state index contributed by atoms with van der Waals surface area (Å²) in [4.78, 5) is 2.30. The normalized spacial score (nSPS) is 19.2. The van der Waals surface area contributed by atoms with Crippen LogP contribution < -0.4 is 5.32 Å². The fourth-order valence-corrected chi connectivity index (χ4v) is 2.80. The van der Waals surface area contributed by atoms with Gasteiger partial charge in [-0.25, -0.2) is 0 Å². The Bertz CT molecular complexity index is 357. The Morgan fingerprint density at radius 3 is 2.71 bits per heavy atom. The van der Waals surface area contributed by atoms with Crippen molar-refractivity contribution in [3.05, 3.63) is 34.3 Å². The molecule has 0 amide bonds. The van der Waals surface area contributed by atoms with E-state index >= 15 is 0 Å². The van der Waals surface area contributed by atoms with Crippen LogP contribution in [0.2, 0.25) is 5.02 Å². The minimum atomic E-state index is 0.0193. The van der Waals surface area contributed by atoms with Crippen LogP contribution in [-0.2, 0) is 0 Å². The Labute approximate surface area is 107 Å². The van der Waals surface area contributed by atoms with E-state index in [2.05, 4.69) is 10.2 Å². The van der Waals surface area contributed by atoms with Crippen LogP contribution in [0.15, 0.2) is 18.2 Å². The first-order chi connectivity index (χ1) is 8.24. The summed E-state index contributed by atoms with van der Waals surface area (Å²) in [5.74, 6) is 0. The molecule has 2 rings (SSSR count). The zero-order valence-electron chi connectivity index (χ0n) is 10.1. The van der Waals surface area contributed by atoms with Crippen LogP contribution in [0.3, 0.4) is 0 Å². The van der Waals surface area contributed by atoms with Gasteiger partial charge in [-0.3, -0.25) is 4.90 Å². The van der Waals surface area contributed by atoms with Crippen LogP contribution in [0.25, 0.3) is 0 Å². The summed E-state index contributed by atoms with van der Waals surface area (Å²) in [6, 6.07) is 5.92. The highest BCUT2D eigenvalue weighted by Gasteiger charge is 2.24. The topological polar surface area (TPSA) is 35.5 Å². The maximum absolute atomic E-state index is 9.66. The summed E-state index contributed by atoms with van der Waals surface area (Å²) < 4.78 is 0. The molecule has 1 atom stereocenters. The molecule has 2 N–H and O–H groups in total. The molecule has 0 bridgehead atoms. The molecule has 0 aliphatic carbocycles. The summed E-state index contributed by atoms with van der Waals surface area (Å²) in [5, 5.41) is 13.7. The standard InChI is InChI=1S/C13H19ClN2O/c1-10-3-2-4-11(14)13(10)12(9-17)16-7-5-15-6-8-16/h2-4,12,15,17H,5-9H2,1H3/t12-/m0/s1. The fourth-order valence-electron chi connectivity index (χ4n) is 2.45. The number of hydrogen-bond donors (Lipinski definition) is 2. The second kappa shape index (κ2) is 5.83. The molecule has 1 heterocycles. The predicted octanol–water partition coefficient (Wildman–Crippen LogP) is 1.59. The largest absolute Gasteiger partial charge is 0.394 e. The Morgan fingerprint density at radius 2 is 2.12 bits per heavy atom. The van der Waals surface area contributed by atoms with Crippen molar-refractivity contribution in [2.75, 3.05) is 32.8 Å². The van der Waals surface area contributed by atoms with E-state index in [1.54, 1.807) is 0 Å². The van der Waals surface area contributed by atoms with Gasteiger partial charge in [0.25, 0.3) is 0 Å². The molecule has 1 aromatic rings. The molecule has 17 heavy (non-hydrogen) atoms. The molecule has 0 aromatic heterocycles. The molecular formula is C13H19ClN2O. The zero-order valence-corrected chi connectivity index (χ0v) is 10.9. The summed E-state index contributed by atoms with van der Waals surface area (Å²) in [6.45, 7) is 6.02. The average molecular weight is 255 g/mol. The Morgan fingerprint density at radius 1 is 1.41 bits per heavy atom. The number of rotatable bonds is 3. The highest BCUT2D eigenvalue weighted by Crippen LogP contribution is 2.30. The molecule has 1 saturated heterocycles. The Hall–Kier alpha value is -0.610. The van der Waals surface area contributed by atoms with Gasteiger partial charge in [0, 0.05) is 31.2 Å². The van der Waals surface area contributed by atoms with Gasteiger partial charge in [0.1, 0.15) is 0 Å². The molecule has 0 unspecified atom stereocenters. The first-order valence-electron chi connectivity index (χ1n) is 6.04. The molecule has 1 aliphatic rings. The van der Waals surface area contributed by atoms with Crippen LogP contribution in [0, 0.1) is 6.92 Å². The number of piperazine rings is 1. The predicted molar refractivity (Wildman–Crippen MR) is 70.5 cm³/mol. The third-order valence-electron chi connectivity index (χ3n) is 3.37. The van der Waals surface area contributed by atoms with E-state index in [1.165, 1.54) is 0 Å². The zero-order chi connectivity index (χ0) is 12.3. The number of aliphatic hydroxyl groups excluding tert-OH is 1. The molecular weight excluding hydrogens is 236 g/mol. The number of aryl methyl sites for hydroxylation is 1. The summed E-state index contributed by atoms with van der Waals surface area (Å²) in [5.41, 5.74) is 2.22. The van der Waals surface area contributed by atoms with Crippen molar-refractivity contribution in [1.82, 2.24) is 10.2 Å². The van der Waals surface area contributed by atoms with Crippen LogP contribution in [0.4, 0.5) is 0 Å². The van der Waals surface area contributed by atoms with E-state index in [1.807, 2.05) is 25.1 Å². The van der Waals surface area contributed by atoms with Gasteiger partial charge < -0.3 is 10.4 Å². The van der Waals surface area contributed by atoms with Crippen LogP contribution in [0.5, 0.6) is 0 Å². The number of halogens is 1. The van der Waals surface area contributed by atoms with Gasteiger partial charge in [-0.1, -0.05) is 23.7 Å². The highest BCUT2D eigenvalue weighted by molar-refractivity contribution is 6.31. The average Bonchev–Trinajstić information content (AvgIpc) is 2.35. The van der Waals surface area contributed by atoms with E-state index in [0.717, 1.165) is 42.3 Å². The quantitative estimate of drug-likeness (QED) is 0.860. The second-order valence-electron chi connectivity index (χ2n) is 4.45. The minimum Gasteiger partial charge on any atom is -0.394 e. The summed E-state index contributed by atoms with van der Waals surface area (Å²) in [7, 11) is 0. The molecule has 4 heteroatoms. The van der Waals surface area contributed by atoms with Crippen molar-refractivity contribution >= 4 is 11.6 Å². The van der Waals surface area contributed by atoms with E-state index in [0.29, 0.717) is 0 Å². The van der Waals surface area contributed by atoms with Crippen LogP contribution >= 0.6 is 11.6 Å². The smallest absolute Gasteiger partial charge is 0.0629 e. The first-order valence-corrected chi connectivity index (χ1v) is 6.42. The van der Waals surface area contributed by atoms with Crippen molar-refractivity contribution in [2.24, 2.45) is 0 Å². The fraction of sp³-hybridized carbons (Fsp3) is 0.538. The van der Waals surface area contributed by atoms with Gasteiger partial charge in [-0.05, 0) is 24.1 Å². The van der Waals surface area contributed by atoms with E-state index in [9.17, 15) is 5.11 Å². The molecule has 0 spiro atoms. The molecule has 0 radical (unpaired) electrons. The van der Waals surface area contributed by atoms with Gasteiger partial charge in [0.2, 0.25) is 0 Å². The first kappa shape index (κ1) is 12.8. The Balaban J connectivity index is 2.27. The number of aliphatic hydroxyl groups is 1. The second-order valence-corrected chi connectivity index (χ2v) is 4.86. The number of nitrogens with one attached hydrogen (secondary N) is 1. The molecule has 1 aromatic carbocycles. The van der Waals surface area contributed by atoms with Gasteiger partial charge in [0.05, 0.1) is 12.6 Å². The lowest BCUT2D eigenvalue weighted by Crippen LogP contribution is -2.46. The van der Waals surface area contributed by atoms with Crippen LogP contribution in [-0.4, -0.2) is 42.8 Å². The van der Waals surface area contributed by atoms with Crippen molar-refractivity contribution in [3.8, 4) is 0 Å². The van der Waals surface area contributed by atoms with Gasteiger partial charge in [-0.15, -0.1) is 0 Å². The molecule has 94 valence electrons. The maximum Gasteiger partial charge on any atom is 0.0629 e. The van der Waals surface area contributed by atoms with Crippen molar-refractivity contribution in [1.29, 1.82) is 0 Å². The number of nitrogens with zero attached hydrogens (tertiary/aromatic N) is 1. The van der Waals surface area contributed by atoms with Gasteiger partial charge in [0.15, 0.2) is 0 Å². The minimum absolute atomic E-state index is 0.0193. The summed E-state index contributed by atoms with van der Waals surface area (Å²) >= 11 is 6.27. The van der Waals surface area contributed by atoms with Crippen molar-refractivity contribution < 1.29 is 5.11 Å². The third-order valence-corrected chi connectivity index (χ3v) is 3.70. The van der Waals surface area contributed by atoms with Crippen molar-refractivity contribution in [2.45, 2.75) is 13.0 Å². The summed E-state index contributed by atoms with van der Waals surface area (Å²) in [6.07, 6.45) is 0. The SMILES string of the molecule is Cc1cccc(Cl)c1[C@H](CO)N1CCNCC1. The molecule has 3 nitrogen and oxygen atoms in total. The monoisotopic (exact) mass is 254 g/mol. The van der Waals surface area contributed by atoms with E-state index in [4.69, 9.17) is 11.6 Å². The lowest BCUT2D eigenvalue weighted by molar-refractivity contribution is 0.110. The number of benzene rings is 1. The van der Waals surface area contributed by atoms with Crippen molar-refractivity contribution in [3.63, 3.8) is 0 Å². The van der Waals surface area contributed by atoms with E-state index < -0.39 is 0 Å². The maximum atomic E-state index is 9.66. The third kappa shape index (κ3) is 2.80. The number of hydrogen-bond acceptors (Lipinski definition) is 3. The lowest BCUT2D eigenvalue weighted by Gasteiger charge is -2.35. The van der Waals surface area contributed by atoms with Gasteiger partial charge in [-0.2, -0.15) is 0 Å². The molecule has 1 aliphatic heterocycles. The van der Waals surface area contributed by atoms with Gasteiger partial charge >= 0.3 is 0 Å². The highest BCUT2D eigenvalue weighted by atomic mass is 35.5. The molecule has 0 saturated carbocycles. The van der Waals surface area contributed by atoms with Crippen LogP contribution in [0.1, 0.15) is 17.2 Å². The van der Waals surface area contributed by atoms with E-state index in [-0.39, 0.29) is 12.6 Å². The molecule has 1 fully saturated rings. The Kier molecular flexibility index (Phi) is 4.40.